The van der Waals surface area contributed by atoms with Crippen LogP contribution < -0.4 is 9.62 Å². The summed E-state index contributed by atoms with van der Waals surface area (Å²) >= 11 is 0. The summed E-state index contributed by atoms with van der Waals surface area (Å²) in [6.07, 6.45) is 3.70. The molecule has 0 aromatic heterocycles. The Morgan fingerprint density at radius 2 is 1.88 bits per heavy atom. The van der Waals surface area contributed by atoms with Gasteiger partial charge in [-0.05, 0) is 31.0 Å². The summed E-state index contributed by atoms with van der Waals surface area (Å²) in [5.41, 5.74) is 0.539. The Hall–Kier alpha value is -1.64. The highest BCUT2D eigenvalue weighted by molar-refractivity contribution is 7.89. The number of carbonyl (C=O) groups is 1. The second-order valence-corrected chi connectivity index (χ2v) is 7.90. The van der Waals surface area contributed by atoms with E-state index in [0.717, 1.165) is 25.7 Å². The number of carboxylic acid groups (broad SMARTS) is 1. The van der Waals surface area contributed by atoms with Gasteiger partial charge in [-0.25, -0.2) is 17.9 Å². The third-order valence-corrected chi connectivity index (χ3v) is 6.06. The standard InChI is InChI=1S/C16H22N2O5S/c19-16(20)14-11-13(24(21,22)17-12-3-1-2-4-12)5-6-15(14)18-7-9-23-10-8-18/h5-6,11-12,17H,1-4,7-10H2,(H,19,20). The molecule has 1 saturated carbocycles. The van der Waals surface area contributed by atoms with Gasteiger partial charge in [0.15, 0.2) is 0 Å². The van der Waals surface area contributed by atoms with Crippen molar-refractivity contribution in [2.24, 2.45) is 0 Å². The average Bonchev–Trinajstić information content (AvgIpc) is 3.07. The first kappa shape index (κ1) is 17.2. The molecule has 1 aromatic rings. The van der Waals surface area contributed by atoms with Crippen molar-refractivity contribution in [1.29, 1.82) is 0 Å². The van der Waals surface area contributed by atoms with Gasteiger partial charge in [-0.2, -0.15) is 0 Å². The van der Waals surface area contributed by atoms with Crippen molar-refractivity contribution in [3.05, 3.63) is 23.8 Å². The SMILES string of the molecule is O=C(O)c1cc(S(=O)(=O)NC2CCCC2)ccc1N1CCOCC1. The summed E-state index contributed by atoms with van der Waals surface area (Å²) in [6.45, 7) is 2.24. The zero-order chi connectivity index (χ0) is 17.2. The fraction of sp³-hybridized carbons (Fsp3) is 0.562. The van der Waals surface area contributed by atoms with Gasteiger partial charge in [0.05, 0.1) is 29.4 Å². The average molecular weight is 354 g/mol. The zero-order valence-electron chi connectivity index (χ0n) is 13.4. The van der Waals surface area contributed by atoms with Gasteiger partial charge in [0.25, 0.3) is 0 Å². The van der Waals surface area contributed by atoms with E-state index in [1.54, 1.807) is 6.07 Å². The van der Waals surface area contributed by atoms with Gasteiger partial charge in [0, 0.05) is 19.1 Å². The molecule has 0 unspecified atom stereocenters. The molecular formula is C16H22N2O5S. The monoisotopic (exact) mass is 354 g/mol. The van der Waals surface area contributed by atoms with Crippen molar-refractivity contribution < 1.29 is 23.1 Å². The van der Waals surface area contributed by atoms with E-state index in [1.807, 2.05) is 4.90 Å². The Morgan fingerprint density at radius 3 is 2.50 bits per heavy atom. The van der Waals surface area contributed by atoms with Crippen molar-refractivity contribution in [3.8, 4) is 0 Å². The highest BCUT2D eigenvalue weighted by atomic mass is 32.2. The van der Waals surface area contributed by atoms with E-state index in [9.17, 15) is 18.3 Å². The predicted molar refractivity (Wildman–Crippen MR) is 89.0 cm³/mol. The molecule has 1 heterocycles. The molecule has 0 atom stereocenters. The van der Waals surface area contributed by atoms with Gasteiger partial charge < -0.3 is 14.7 Å². The van der Waals surface area contributed by atoms with Crippen molar-refractivity contribution in [3.63, 3.8) is 0 Å². The van der Waals surface area contributed by atoms with E-state index < -0.39 is 16.0 Å². The number of aromatic carboxylic acids is 1. The van der Waals surface area contributed by atoms with Gasteiger partial charge in [-0.1, -0.05) is 12.8 Å². The van der Waals surface area contributed by atoms with Crippen molar-refractivity contribution >= 4 is 21.7 Å². The molecule has 1 aliphatic heterocycles. The number of ether oxygens (including phenoxy) is 1. The van der Waals surface area contributed by atoms with Crippen LogP contribution >= 0.6 is 0 Å². The zero-order valence-corrected chi connectivity index (χ0v) is 14.2. The fourth-order valence-corrected chi connectivity index (χ4v) is 4.60. The summed E-state index contributed by atoms with van der Waals surface area (Å²) in [5, 5.41) is 9.50. The maximum Gasteiger partial charge on any atom is 0.337 e. The minimum Gasteiger partial charge on any atom is -0.478 e. The number of morpholine rings is 1. The molecule has 0 spiro atoms. The lowest BCUT2D eigenvalue weighted by Gasteiger charge is -2.30. The highest BCUT2D eigenvalue weighted by Crippen LogP contribution is 2.26. The fourth-order valence-electron chi connectivity index (χ4n) is 3.26. The topological polar surface area (TPSA) is 95.9 Å². The van der Waals surface area contributed by atoms with Crippen molar-refractivity contribution in [1.82, 2.24) is 4.72 Å². The molecule has 132 valence electrons. The molecule has 1 aromatic carbocycles. The first-order chi connectivity index (χ1) is 11.5. The van der Waals surface area contributed by atoms with Crippen LogP contribution in [0.2, 0.25) is 0 Å². The first-order valence-electron chi connectivity index (χ1n) is 8.20. The van der Waals surface area contributed by atoms with E-state index in [0.29, 0.717) is 32.0 Å². The number of benzene rings is 1. The largest absolute Gasteiger partial charge is 0.478 e. The van der Waals surface area contributed by atoms with E-state index >= 15 is 0 Å². The molecule has 2 aliphatic rings. The van der Waals surface area contributed by atoms with Crippen molar-refractivity contribution in [2.75, 3.05) is 31.2 Å². The van der Waals surface area contributed by atoms with Crippen LogP contribution in [0.4, 0.5) is 5.69 Å². The molecule has 1 aliphatic carbocycles. The van der Waals surface area contributed by atoms with Crippen LogP contribution in [0.3, 0.4) is 0 Å². The summed E-state index contributed by atoms with van der Waals surface area (Å²) in [4.78, 5) is 13.5. The number of anilines is 1. The molecule has 0 radical (unpaired) electrons. The van der Waals surface area contributed by atoms with Crippen LogP contribution in [-0.2, 0) is 14.8 Å². The highest BCUT2D eigenvalue weighted by Gasteiger charge is 2.26. The maximum atomic E-state index is 12.5. The van der Waals surface area contributed by atoms with Crippen LogP contribution in [-0.4, -0.2) is 51.8 Å². The van der Waals surface area contributed by atoms with E-state index in [1.165, 1.54) is 12.1 Å². The number of hydrogen-bond donors (Lipinski definition) is 2. The lowest BCUT2D eigenvalue weighted by molar-refractivity contribution is 0.0696. The lowest BCUT2D eigenvalue weighted by atomic mass is 10.1. The number of rotatable bonds is 5. The Morgan fingerprint density at radius 1 is 1.21 bits per heavy atom. The molecule has 0 bridgehead atoms. The van der Waals surface area contributed by atoms with Crippen LogP contribution in [0.1, 0.15) is 36.0 Å². The van der Waals surface area contributed by atoms with Gasteiger partial charge >= 0.3 is 5.97 Å². The van der Waals surface area contributed by atoms with Crippen LogP contribution in [0.15, 0.2) is 23.1 Å². The molecule has 2 fully saturated rings. The summed E-state index contributed by atoms with van der Waals surface area (Å²) < 4.78 is 33.0. The second kappa shape index (κ2) is 7.08. The second-order valence-electron chi connectivity index (χ2n) is 6.19. The molecular weight excluding hydrogens is 332 g/mol. The normalized spacial score (nSPS) is 19.6. The molecule has 7 nitrogen and oxygen atoms in total. The Bertz CT molecular complexity index is 707. The maximum absolute atomic E-state index is 12.5. The molecule has 0 amide bonds. The third-order valence-electron chi connectivity index (χ3n) is 4.54. The molecule has 1 saturated heterocycles. The van der Waals surface area contributed by atoms with Gasteiger partial charge in [0.1, 0.15) is 0 Å². The summed E-state index contributed by atoms with van der Waals surface area (Å²) in [6, 6.07) is 4.26. The third kappa shape index (κ3) is 3.71. The van der Waals surface area contributed by atoms with Crippen molar-refractivity contribution in [2.45, 2.75) is 36.6 Å². The molecule has 8 heteroatoms. The number of nitrogens with one attached hydrogen (secondary N) is 1. The number of carboxylic acids is 1. The minimum absolute atomic E-state index is 0.00353. The minimum atomic E-state index is -3.70. The Labute approximate surface area is 141 Å². The smallest absolute Gasteiger partial charge is 0.337 e. The first-order valence-corrected chi connectivity index (χ1v) is 9.68. The predicted octanol–water partition coefficient (Wildman–Crippen LogP) is 1.44. The van der Waals surface area contributed by atoms with Crippen LogP contribution in [0.5, 0.6) is 0 Å². The van der Waals surface area contributed by atoms with Gasteiger partial charge in [-0.3, -0.25) is 0 Å². The molecule has 2 N–H and O–H groups in total. The van der Waals surface area contributed by atoms with Crippen LogP contribution in [0, 0.1) is 0 Å². The summed E-state index contributed by atoms with van der Waals surface area (Å²) in [5.74, 6) is -1.13. The number of hydrogen-bond acceptors (Lipinski definition) is 5. The van der Waals surface area contributed by atoms with Gasteiger partial charge in [0.2, 0.25) is 10.0 Å². The van der Waals surface area contributed by atoms with E-state index in [2.05, 4.69) is 4.72 Å². The molecule has 24 heavy (non-hydrogen) atoms. The van der Waals surface area contributed by atoms with Gasteiger partial charge in [-0.15, -0.1) is 0 Å². The van der Waals surface area contributed by atoms with E-state index in [4.69, 9.17) is 4.74 Å². The van der Waals surface area contributed by atoms with E-state index in [-0.39, 0.29) is 16.5 Å². The van der Waals surface area contributed by atoms with Crippen LogP contribution in [0.25, 0.3) is 0 Å². The number of sulfonamides is 1. The summed E-state index contributed by atoms with van der Waals surface area (Å²) in [7, 11) is -3.70. The molecule has 3 rings (SSSR count). The Kier molecular flexibility index (Phi) is 5.07. The number of nitrogens with zero attached hydrogens (tertiary/aromatic N) is 1. The quantitative estimate of drug-likeness (QED) is 0.831. The lowest BCUT2D eigenvalue weighted by Crippen LogP contribution is -2.37. The Balaban J connectivity index is 1.89.